The summed E-state index contributed by atoms with van der Waals surface area (Å²) < 4.78 is 33.9. The summed E-state index contributed by atoms with van der Waals surface area (Å²) in [4.78, 5) is -0.241. The van der Waals surface area contributed by atoms with E-state index in [0.717, 1.165) is 11.1 Å². The molecule has 0 aliphatic heterocycles. The van der Waals surface area contributed by atoms with Crippen LogP contribution in [0.5, 0.6) is 0 Å². The van der Waals surface area contributed by atoms with Crippen molar-refractivity contribution < 1.29 is 13.0 Å². The van der Waals surface area contributed by atoms with Gasteiger partial charge in [-0.3, -0.25) is 0 Å². The molecule has 3 rings (SSSR count). The fourth-order valence-corrected chi connectivity index (χ4v) is 2.90. The Balaban J connectivity index is 2.03. The molecule has 0 amide bonds. The van der Waals surface area contributed by atoms with E-state index < -0.39 is 10.1 Å². The Bertz CT molecular complexity index is 948. The Morgan fingerprint density at radius 1 is 0.957 bits per heavy atom. The average molecular weight is 326 g/mol. The van der Waals surface area contributed by atoms with Gasteiger partial charge in [0.1, 0.15) is 15.8 Å². The van der Waals surface area contributed by atoms with Crippen molar-refractivity contribution in [3.05, 3.63) is 65.9 Å². The number of hydrogen-bond acceptors (Lipinski definition) is 5. The number of benzene rings is 2. The van der Waals surface area contributed by atoms with Crippen molar-refractivity contribution in [2.75, 3.05) is 0 Å². The van der Waals surface area contributed by atoms with E-state index in [1.807, 2.05) is 24.3 Å². The lowest BCUT2D eigenvalue weighted by Crippen LogP contribution is -2.00. The van der Waals surface area contributed by atoms with E-state index in [9.17, 15) is 13.0 Å². The Hall–Kier alpha value is -2.77. The van der Waals surface area contributed by atoms with Crippen molar-refractivity contribution in [3.8, 4) is 11.3 Å². The SMILES string of the molecule is O=S(=O)([O-])c1ccccc1/C=C/c1ccccc1-c1cn[nH]n1. The minimum atomic E-state index is -4.52. The first-order chi connectivity index (χ1) is 11.1. The molecule has 116 valence electrons. The molecule has 0 saturated carbocycles. The van der Waals surface area contributed by atoms with Gasteiger partial charge in [0.2, 0.25) is 0 Å². The number of rotatable bonds is 4. The summed E-state index contributed by atoms with van der Waals surface area (Å²) in [6.07, 6.45) is 4.94. The van der Waals surface area contributed by atoms with Crippen molar-refractivity contribution in [2.45, 2.75) is 4.90 Å². The van der Waals surface area contributed by atoms with Crippen molar-refractivity contribution in [1.82, 2.24) is 15.4 Å². The molecule has 7 heteroatoms. The number of H-pyrrole nitrogens is 1. The third-order valence-corrected chi connectivity index (χ3v) is 4.19. The van der Waals surface area contributed by atoms with Gasteiger partial charge in [-0.25, -0.2) is 8.42 Å². The number of hydrogen-bond donors (Lipinski definition) is 1. The largest absolute Gasteiger partial charge is 0.744 e. The van der Waals surface area contributed by atoms with Gasteiger partial charge in [-0.2, -0.15) is 15.4 Å². The molecular weight excluding hydrogens is 314 g/mol. The summed E-state index contributed by atoms with van der Waals surface area (Å²) >= 11 is 0. The highest BCUT2D eigenvalue weighted by Crippen LogP contribution is 2.24. The average Bonchev–Trinajstić information content (AvgIpc) is 3.07. The van der Waals surface area contributed by atoms with Crippen LogP contribution in [0.2, 0.25) is 0 Å². The first-order valence-corrected chi connectivity index (χ1v) is 8.15. The van der Waals surface area contributed by atoms with E-state index in [-0.39, 0.29) is 4.90 Å². The second kappa shape index (κ2) is 6.15. The van der Waals surface area contributed by atoms with Crippen LogP contribution < -0.4 is 0 Å². The molecule has 0 radical (unpaired) electrons. The van der Waals surface area contributed by atoms with Crippen molar-refractivity contribution >= 4 is 22.3 Å². The highest BCUT2D eigenvalue weighted by molar-refractivity contribution is 7.85. The quantitative estimate of drug-likeness (QED) is 0.587. The molecule has 1 heterocycles. The highest BCUT2D eigenvalue weighted by atomic mass is 32.2. The lowest BCUT2D eigenvalue weighted by Gasteiger charge is -2.10. The third-order valence-electron chi connectivity index (χ3n) is 3.28. The van der Waals surface area contributed by atoms with Crippen LogP contribution in [0.1, 0.15) is 11.1 Å². The van der Waals surface area contributed by atoms with Crippen LogP contribution in [-0.2, 0) is 10.1 Å². The van der Waals surface area contributed by atoms with Crippen LogP contribution in [0.4, 0.5) is 0 Å². The van der Waals surface area contributed by atoms with Crippen LogP contribution in [0, 0.1) is 0 Å². The maximum atomic E-state index is 11.3. The third kappa shape index (κ3) is 3.36. The minimum Gasteiger partial charge on any atom is -0.744 e. The molecular formula is C16H12N3O3S-. The summed E-state index contributed by atoms with van der Waals surface area (Å²) in [5, 5.41) is 10.4. The standard InChI is InChI=1S/C16H13N3O3S/c20-23(21,22)16-8-4-2-6-13(16)10-9-12-5-1-3-7-14(12)15-11-17-19-18-15/h1-11H,(H,17,18,19)(H,20,21,22)/p-1/b10-9+. The lowest BCUT2D eigenvalue weighted by atomic mass is 10.0. The van der Waals surface area contributed by atoms with Crippen LogP contribution >= 0.6 is 0 Å². The zero-order chi connectivity index (χ0) is 16.3. The van der Waals surface area contributed by atoms with Crippen LogP contribution in [0.3, 0.4) is 0 Å². The summed E-state index contributed by atoms with van der Waals surface area (Å²) in [6, 6.07) is 13.6. The molecule has 0 unspecified atom stereocenters. The molecule has 3 aromatic rings. The van der Waals surface area contributed by atoms with E-state index in [1.54, 1.807) is 30.5 Å². The molecule has 1 N–H and O–H groups in total. The van der Waals surface area contributed by atoms with Gasteiger partial charge in [-0.1, -0.05) is 54.6 Å². The molecule has 2 aromatic carbocycles. The van der Waals surface area contributed by atoms with Crippen LogP contribution in [0.15, 0.2) is 59.6 Å². The Kier molecular flexibility index (Phi) is 4.05. The number of aromatic amines is 1. The summed E-state index contributed by atoms with van der Waals surface area (Å²) in [7, 11) is -4.52. The van der Waals surface area contributed by atoms with Crippen molar-refractivity contribution in [1.29, 1.82) is 0 Å². The summed E-state index contributed by atoms with van der Waals surface area (Å²) in [6.45, 7) is 0. The molecule has 0 aliphatic rings. The minimum absolute atomic E-state index is 0.241. The first kappa shape index (κ1) is 15.1. The summed E-state index contributed by atoms with van der Waals surface area (Å²) in [5.74, 6) is 0. The molecule has 0 fully saturated rings. The Morgan fingerprint density at radius 2 is 1.61 bits per heavy atom. The van der Waals surface area contributed by atoms with E-state index in [1.165, 1.54) is 12.1 Å². The monoisotopic (exact) mass is 326 g/mol. The molecule has 0 atom stereocenters. The van der Waals surface area contributed by atoms with E-state index in [4.69, 9.17) is 0 Å². The topological polar surface area (TPSA) is 98.8 Å². The Morgan fingerprint density at radius 3 is 2.30 bits per heavy atom. The smallest absolute Gasteiger partial charge is 0.125 e. The lowest BCUT2D eigenvalue weighted by molar-refractivity contribution is 0.463. The van der Waals surface area contributed by atoms with Gasteiger partial charge in [0, 0.05) is 5.56 Å². The maximum absolute atomic E-state index is 11.3. The zero-order valence-electron chi connectivity index (χ0n) is 11.9. The van der Waals surface area contributed by atoms with Crippen molar-refractivity contribution in [2.24, 2.45) is 0 Å². The van der Waals surface area contributed by atoms with E-state index in [0.29, 0.717) is 11.3 Å². The van der Waals surface area contributed by atoms with E-state index in [2.05, 4.69) is 15.4 Å². The number of nitrogens with zero attached hydrogens (tertiary/aromatic N) is 2. The maximum Gasteiger partial charge on any atom is 0.125 e. The van der Waals surface area contributed by atoms with Gasteiger partial charge < -0.3 is 4.55 Å². The van der Waals surface area contributed by atoms with Gasteiger partial charge in [-0.05, 0) is 17.2 Å². The first-order valence-electron chi connectivity index (χ1n) is 6.74. The second-order valence-corrected chi connectivity index (χ2v) is 6.12. The highest BCUT2D eigenvalue weighted by Gasteiger charge is 2.07. The molecule has 1 aromatic heterocycles. The van der Waals surface area contributed by atoms with Gasteiger partial charge in [0.15, 0.2) is 0 Å². The molecule has 0 saturated heterocycles. The van der Waals surface area contributed by atoms with Gasteiger partial charge in [0.05, 0.1) is 11.1 Å². The molecule has 6 nitrogen and oxygen atoms in total. The second-order valence-electron chi connectivity index (χ2n) is 4.77. The van der Waals surface area contributed by atoms with Gasteiger partial charge in [0.25, 0.3) is 0 Å². The molecule has 0 bridgehead atoms. The molecule has 23 heavy (non-hydrogen) atoms. The number of nitrogens with one attached hydrogen (secondary N) is 1. The van der Waals surface area contributed by atoms with Gasteiger partial charge >= 0.3 is 0 Å². The van der Waals surface area contributed by atoms with E-state index >= 15 is 0 Å². The van der Waals surface area contributed by atoms with Crippen LogP contribution in [-0.4, -0.2) is 28.4 Å². The summed E-state index contributed by atoms with van der Waals surface area (Å²) in [5.41, 5.74) is 2.70. The Labute approximate surface area is 133 Å². The normalized spacial score (nSPS) is 11.9. The van der Waals surface area contributed by atoms with Gasteiger partial charge in [-0.15, -0.1) is 0 Å². The predicted octanol–water partition coefficient (Wildman–Crippen LogP) is 2.55. The van der Waals surface area contributed by atoms with Crippen LogP contribution in [0.25, 0.3) is 23.4 Å². The molecule has 0 spiro atoms. The fourth-order valence-electron chi connectivity index (χ4n) is 2.23. The number of aromatic nitrogens is 3. The zero-order valence-corrected chi connectivity index (χ0v) is 12.7. The fraction of sp³-hybridized carbons (Fsp3) is 0. The predicted molar refractivity (Wildman–Crippen MR) is 85.2 cm³/mol. The van der Waals surface area contributed by atoms with Crippen molar-refractivity contribution in [3.63, 3.8) is 0 Å². The molecule has 0 aliphatic carbocycles.